The van der Waals surface area contributed by atoms with Crippen LogP contribution in [-0.4, -0.2) is 111 Å². The Morgan fingerprint density at radius 2 is 1.83 bits per heavy atom. The van der Waals surface area contributed by atoms with Crippen molar-refractivity contribution in [3.8, 4) is 0 Å². The second-order valence-corrected chi connectivity index (χ2v) is 10.8. The maximum absolute atomic E-state index is 14.0. The molecule has 232 valence electrons. The van der Waals surface area contributed by atoms with Gasteiger partial charge < -0.3 is 39.5 Å². The summed E-state index contributed by atoms with van der Waals surface area (Å²) in [6, 6.07) is -6.13. The Bertz CT molecular complexity index is 1360. The standard InChI is InChI=1S/C29H40N2O11/c1-3-40-27(38)18(13-12-16-8-5-4-6-9-16)30-15(2)25(35)31-19-11-7-10-17(19)14-20(31)28(39)42-29-23(34)21(32)22(33)24(41-29)26(36)37/h4-6,8-9,15,17-24,29-30,32-34H,3,7,10-14H2,1-2H3,(H,36,37)/t15-,17-,18-,19-,20?,21+,22-,23?,24?,29-/m0/s1/i4D,5D,6D,8D,9D. The van der Waals surface area contributed by atoms with Crippen LogP contribution in [0.15, 0.2) is 30.2 Å². The molecule has 2 saturated heterocycles. The molecule has 2 heterocycles. The molecule has 3 fully saturated rings. The minimum absolute atomic E-state index is 0.00267. The summed E-state index contributed by atoms with van der Waals surface area (Å²) in [5.41, 5.74) is -0.00267. The number of fused-ring (bicyclic) bond motifs is 1. The van der Waals surface area contributed by atoms with Crippen molar-refractivity contribution in [1.82, 2.24) is 10.2 Å². The highest BCUT2D eigenvalue weighted by Gasteiger charge is 2.53. The molecule has 1 aromatic carbocycles. The number of carboxylic acids is 1. The van der Waals surface area contributed by atoms with E-state index in [0.29, 0.717) is 6.42 Å². The molecule has 1 aliphatic carbocycles. The highest BCUT2D eigenvalue weighted by molar-refractivity contribution is 5.89. The van der Waals surface area contributed by atoms with Gasteiger partial charge in [0.2, 0.25) is 12.2 Å². The first-order valence-corrected chi connectivity index (χ1v) is 14.0. The van der Waals surface area contributed by atoms with Gasteiger partial charge in [-0.15, -0.1) is 0 Å². The molecule has 0 radical (unpaired) electrons. The lowest BCUT2D eigenvalue weighted by molar-refractivity contribution is -0.287. The number of nitrogens with zero attached hydrogens (tertiary/aromatic N) is 1. The third kappa shape index (κ3) is 6.92. The lowest BCUT2D eigenvalue weighted by Crippen LogP contribution is -2.61. The number of hydrogen-bond acceptors (Lipinski definition) is 11. The summed E-state index contributed by atoms with van der Waals surface area (Å²) in [5.74, 6) is -4.03. The third-order valence-electron chi connectivity index (χ3n) is 8.04. The van der Waals surface area contributed by atoms with Crippen LogP contribution in [0.2, 0.25) is 0 Å². The van der Waals surface area contributed by atoms with Crippen LogP contribution >= 0.6 is 0 Å². The van der Waals surface area contributed by atoms with E-state index in [-0.39, 0.29) is 43.4 Å². The summed E-state index contributed by atoms with van der Waals surface area (Å²) >= 11 is 0. The van der Waals surface area contributed by atoms with E-state index < -0.39 is 103 Å². The van der Waals surface area contributed by atoms with Crippen molar-refractivity contribution in [3.63, 3.8) is 0 Å². The molecular weight excluding hydrogens is 552 g/mol. The molecule has 3 unspecified atom stereocenters. The molecule has 13 heteroatoms. The van der Waals surface area contributed by atoms with Crippen molar-refractivity contribution in [2.24, 2.45) is 5.92 Å². The number of nitrogens with one attached hydrogen (secondary N) is 1. The molecule has 0 aromatic heterocycles. The Kier molecular flexibility index (Phi) is 8.42. The number of carbonyl (C=O) groups excluding carboxylic acids is 3. The Morgan fingerprint density at radius 1 is 1.12 bits per heavy atom. The summed E-state index contributed by atoms with van der Waals surface area (Å²) in [6.07, 6.45) is -7.77. The first-order valence-electron chi connectivity index (χ1n) is 16.5. The molecule has 1 saturated carbocycles. The van der Waals surface area contributed by atoms with Crippen molar-refractivity contribution < 1.29 is 60.7 Å². The van der Waals surface area contributed by atoms with E-state index in [1.54, 1.807) is 6.92 Å². The summed E-state index contributed by atoms with van der Waals surface area (Å²) in [5, 5.41) is 42.6. The van der Waals surface area contributed by atoms with Crippen LogP contribution in [-0.2, 0) is 39.8 Å². The van der Waals surface area contributed by atoms with Crippen LogP contribution in [0.3, 0.4) is 0 Å². The molecule has 1 aromatic rings. The predicted molar refractivity (Wildman–Crippen MR) is 145 cm³/mol. The Hall–Kier alpha value is -3.10. The van der Waals surface area contributed by atoms with Gasteiger partial charge in [0.25, 0.3) is 0 Å². The quantitative estimate of drug-likeness (QED) is 0.210. The molecule has 42 heavy (non-hydrogen) atoms. The largest absolute Gasteiger partial charge is 0.479 e. The van der Waals surface area contributed by atoms with E-state index >= 15 is 0 Å². The van der Waals surface area contributed by atoms with Crippen LogP contribution in [0.5, 0.6) is 0 Å². The number of benzene rings is 1. The maximum Gasteiger partial charge on any atom is 0.335 e. The number of hydrogen-bond donors (Lipinski definition) is 5. The number of aliphatic carboxylic acids is 1. The van der Waals surface area contributed by atoms with Gasteiger partial charge in [0.05, 0.1) is 19.5 Å². The van der Waals surface area contributed by atoms with Gasteiger partial charge in [0.15, 0.2) is 6.10 Å². The zero-order valence-electron chi connectivity index (χ0n) is 28.3. The van der Waals surface area contributed by atoms with Gasteiger partial charge >= 0.3 is 17.9 Å². The summed E-state index contributed by atoms with van der Waals surface area (Å²) in [4.78, 5) is 53.2. The van der Waals surface area contributed by atoms with Crippen LogP contribution in [0.1, 0.15) is 58.4 Å². The monoisotopic (exact) mass is 597 g/mol. The fourth-order valence-corrected chi connectivity index (χ4v) is 5.96. The minimum Gasteiger partial charge on any atom is -0.479 e. The van der Waals surface area contributed by atoms with Gasteiger partial charge in [0, 0.05) is 6.04 Å². The highest BCUT2D eigenvalue weighted by Crippen LogP contribution is 2.42. The number of ether oxygens (including phenoxy) is 3. The number of amides is 1. The number of esters is 2. The van der Waals surface area contributed by atoms with Crippen molar-refractivity contribution in [2.45, 2.75) is 107 Å². The Morgan fingerprint density at radius 3 is 2.50 bits per heavy atom. The average Bonchev–Trinajstić information content (AvgIpc) is 3.64. The molecule has 0 bridgehead atoms. The van der Waals surface area contributed by atoms with Crippen LogP contribution in [0, 0.1) is 5.92 Å². The van der Waals surface area contributed by atoms with Gasteiger partial charge in [0.1, 0.15) is 30.4 Å². The number of likely N-dealkylation sites (tertiary alicyclic amines) is 1. The van der Waals surface area contributed by atoms with Gasteiger partial charge in [-0.25, -0.2) is 9.59 Å². The van der Waals surface area contributed by atoms with E-state index in [4.69, 9.17) is 21.1 Å². The topological polar surface area (TPSA) is 192 Å². The highest BCUT2D eigenvalue weighted by atomic mass is 16.7. The van der Waals surface area contributed by atoms with Gasteiger partial charge in [-0.3, -0.25) is 14.9 Å². The molecule has 1 amide bonds. The summed E-state index contributed by atoms with van der Waals surface area (Å²) in [7, 11) is 0. The predicted octanol–water partition coefficient (Wildman–Crippen LogP) is -0.266. The lowest BCUT2D eigenvalue weighted by atomic mass is 9.99. The van der Waals surface area contributed by atoms with E-state index in [2.05, 4.69) is 5.32 Å². The van der Waals surface area contributed by atoms with Crippen LogP contribution < -0.4 is 5.32 Å². The zero-order chi connectivity index (χ0) is 34.9. The number of carboxylic acid groups (broad SMARTS) is 1. The molecule has 2 aliphatic heterocycles. The number of aliphatic hydroxyl groups excluding tert-OH is 3. The van der Waals surface area contributed by atoms with E-state index in [1.807, 2.05) is 0 Å². The zero-order valence-corrected chi connectivity index (χ0v) is 23.3. The fourth-order valence-electron chi connectivity index (χ4n) is 5.96. The summed E-state index contributed by atoms with van der Waals surface area (Å²) < 4.78 is 55.5. The number of rotatable bonds is 11. The van der Waals surface area contributed by atoms with E-state index in [0.717, 1.165) is 12.8 Å². The van der Waals surface area contributed by atoms with E-state index in [9.17, 15) is 39.6 Å². The second kappa shape index (κ2) is 13.9. The van der Waals surface area contributed by atoms with E-state index in [1.165, 1.54) is 11.8 Å². The normalized spacial score (nSPS) is 33.7. The summed E-state index contributed by atoms with van der Waals surface area (Å²) in [6.45, 7) is 3.08. The minimum atomic E-state index is -1.99. The number of carbonyl (C=O) groups is 4. The molecule has 0 spiro atoms. The molecule has 3 aliphatic rings. The third-order valence-corrected chi connectivity index (χ3v) is 8.04. The van der Waals surface area contributed by atoms with Crippen molar-refractivity contribution in [3.05, 3.63) is 35.8 Å². The first kappa shape index (κ1) is 25.4. The first-order chi connectivity index (χ1) is 22.1. The molecule has 10 atom stereocenters. The van der Waals surface area contributed by atoms with Crippen molar-refractivity contribution in [1.29, 1.82) is 0 Å². The average molecular weight is 598 g/mol. The van der Waals surface area contributed by atoms with Crippen LogP contribution in [0.25, 0.3) is 0 Å². The van der Waals surface area contributed by atoms with Crippen molar-refractivity contribution >= 4 is 23.8 Å². The van der Waals surface area contributed by atoms with Gasteiger partial charge in [-0.1, -0.05) is 36.6 Å². The van der Waals surface area contributed by atoms with Gasteiger partial charge in [-0.05, 0) is 57.4 Å². The molecular formula is C29H40N2O11. The smallest absolute Gasteiger partial charge is 0.335 e. The molecule has 4 rings (SSSR count). The van der Waals surface area contributed by atoms with Crippen LogP contribution in [0.4, 0.5) is 0 Å². The second-order valence-electron chi connectivity index (χ2n) is 10.8. The van der Waals surface area contributed by atoms with Crippen molar-refractivity contribution in [2.75, 3.05) is 6.61 Å². The fraction of sp³-hybridized carbons (Fsp3) is 0.655. The van der Waals surface area contributed by atoms with Gasteiger partial charge in [-0.2, -0.15) is 0 Å². The Balaban J connectivity index is 1.52. The SMILES string of the molecule is [2H]c1c([2H])c([2H])c(CC[C@H](N[C@@H](C)C(=O)N2C(C(=O)O[C@@H]3OC(C(=O)O)[C@@H](O)[C@@H](O)C3O)C[C@@H]3CCC[C@@H]32)C(=O)OCC)c([2H])c1[2H]. The maximum atomic E-state index is 14.0. The molecule has 13 nitrogen and oxygen atoms in total. The number of aliphatic hydroxyl groups is 3. The lowest BCUT2D eigenvalue weighted by Gasteiger charge is -2.39. The molecule has 5 N–H and O–H groups in total. The Labute approximate surface area is 250 Å².